The van der Waals surface area contributed by atoms with Gasteiger partial charge in [0.1, 0.15) is 0 Å². The van der Waals surface area contributed by atoms with E-state index in [0.29, 0.717) is 40.7 Å². The van der Waals surface area contributed by atoms with Crippen LogP contribution < -0.4 is 29.7 Å². The van der Waals surface area contributed by atoms with Crippen molar-refractivity contribution >= 4 is 35.3 Å². The molecule has 3 rings (SSSR count). The third-order valence-corrected chi connectivity index (χ3v) is 5.32. The van der Waals surface area contributed by atoms with E-state index in [4.69, 9.17) is 30.5 Å². The fraction of sp³-hybridized carbons (Fsp3) is 0.222. The van der Waals surface area contributed by atoms with Gasteiger partial charge in [-0.1, -0.05) is 29.3 Å². The molecular formula is C27H28ClN3O6. The predicted molar refractivity (Wildman–Crippen MR) is 143 cm³/mol. The van der Waals surface area contributed by atoms with E-state index in [9.17, 15) is 9.59 Å². The molecule has 0 saturated carbocycles. The van der Waals surface area contributed by atoms with Gasteiger partial charge in [-0.3, -0.25) is 9.59 Å². The van der Waals surface area contributed by atoms with Crippen LogP contribution in [0.1, 0.15) is 28.4 Å². The van der Waals surface area contributed by atoms with E-state index in [0.717, 1.165) is 5.56 Å². The number of nitrogens with zero attached hydrogens (tertiary/aromatic N) is 1. The van der Waals surface area contributed by atoms with Crippen molar-refractivity contribution in [2.75, 3.05) is 32.8 Å². The Bertz CT molecular complexity index is 1280. The number of methoxy groups -OCH3 is 2. The minimum atomic E-state index is -0.435. The largest absolute Gasteiger partial charge is 0.493 e. The van der Waals surface area contributed by atoms with Gasteiger partial charge in [0.25, 0.3) is 11.8 Å². The number of rotatable bonds is 11. The first-order valence-electron chi connectivity index (χ1n) is 11.4. The summed E-state index contributed by atoms with van der Waals surface area (Å²) in [4.78, 5) is 24.7. The van der Waals surface area contributed by atoms with E-state index in [1.165, 1.54) is 20.4 Å². The molecular weight excluding hydrogens is 498 g/mol. The molecule has 37 heavy (non-hydrogen) atoms. The van der Waals surface area contributed by atoms with Crippen molar-refractivity contribution in [3.8, 4) is 23.0 Å². The van der Waals surface area contributed by atoms with Gasteiger partial charge in [-0.05, 0) is 61.9 Å². The summed E-state index contributed by atoms with van der Waals surface area (Å²) in [6.45, 7) is 4.03. The molecule has 3 aromatic carbocycles. The molecule has 0 aromatic heterocycles. The number of hydrogen-bond donors (Lipinski definition) is 2. The maximum absolute atomic E-state index is 12.5. The summed E-state index contributed by atoms with van der Waals surface area (Å²) in [6, 6.07) is 15.4. The van der Waals surface area contributed by atoms with E-state index in [1.807, 2.05) is 26.0 Å². The minimum absolute atomic E-state index is 0.214. The monoisotopic (exact) mass is 525 g/mol. The Morgan fingerprint density at radius 2 is 1.68 bits per heavy atom. The van der Waals surface area contributed by atoms with Crippen molar-refractivity contribution in [2.45, 2.75) is 13.8 Å². The van der Waals surface area contributed by atoms with E-state index in [-0.39, 0.29) is 23.3 Å². The summed E-state index contributed by atoms with van der Waals surface area (Å²) in [6.07, 6.45) is 1.41. The highest BCUT2D eigenvalue weighted by atomic mass is 35.5. The lowest BCUT2D eigenvalue weighted by molar-refractivity contribution is -0.118. The molecule has 0 atom stereocenters. The summed E-state index contributed by atoms with van der Waals surface area (Å²) in [7, 11) is 2.95. The lowest BCUT2D eigenvalue weighted by Crippen LogP contribution is -2.20. The molecule has 0 radical (unpaired) electrons. The van der Waals surface area contributed by atoms with Crippen molar-refractivity contribution in [2.24, 2.45) is 5.10 Å². The number of aryl methyl sites for hydroxylation is 1. The van der Waals surface area contributed by atoms with Gasteiger partial charge in [0.2, 0.25) is 0 Å². The Hall–Kier alpha value is -4.24. The van der Waals surface area contributed by atoms with Gasteiger partial charge in [0.15, 0.2) is 29.6 Å². The van der Waals surface area contributed by atoms with Crippen LogP contribution >= 0.6 is 11.6 Å². The zero-order valence-electron chi connectivity index (χ0n) is 21.0. The van der Waals surface area contributed by atoms with Crippen LogP contribution in [-0.2, 0) is 4.79 Å². The number of anilines is 1. The van der Waals surface area contributed by atoms with Crippen LogP contribution in [-0.4, -0.2) is 45.5 Å². The number of halogens is 1. The maximum Gasteiger partial charge on any atom is 0.271 e. The second-order valence-corrected chi connectivity index (χ2v) is 8.14. The highest BCUT2D eigenvalue weighted by molar-refractivity contribution is 6.32. The van der Waals surface area contributed by atoms with Crippen LogP contribution in [0.2, 0.25) is 5.02 Å². The Kier molecular flexibility index (Phi) is 9.74. The van der Waals surface area contributed by atoms with Gasteiger partial charge in [-0.2, -0.15) is 5.10 Å². The number of carbonyl (C=O) groups excluding carboxylic acids is 2. The molecule has 0 aliphatic heterocycles. The Labute approximate surface area is 220 Å². The van der Waals surface area contributed by atoms with Crippen molar-refractivity contribution in [1.29, 1.82) is 0 Å². The zero-order chi connectivity index (χ0) is 26.8. The average Bonchev–Trinajstić information content (AvgIpc) is 2.89. The number of ether oxygens (including phenoxy) is 4. The van der Waals surface area contributed by atoms with E-state index >= 15 is 0 Å². The summed E-state index contributed by atoms with van der Waals surface area (Å²) >= 11 is 6.37. The van der Waals surface area contributed by atoms with E-state index in [2.05, 4.69) is 15.8 Å². The lowest BCUT2D eigenvalue weighted by atomic mass is 10.2. The fourth-order valence-corrected chi connectivity index (χ4v) is 3.51. The zero-order valence-corrected chi connectivity index (χ0v) is 21.7. The molecule has 0 aliphatic carbocycles. The molecule has 0 fully saturated rings. The standard InChI is InChI=1S/C27H28ClN3O6/c1-5-36-22-11-8-19(14-23(22)34-3)27(33)31-29-15-18-12-21(28)26(24(13-18)35-4)37-16-25(32)30-20-9-6-17(2)7-10-20/h6-15H,5,16H2,1-4H3,(H,30,32)(H,31,33)/b29-15+. The van der Waals surface area contributed by atoms with Crippen molar-refractivity contribution in [3.63, 3.8) is 0 Å². The molecule has 2 amide bonds. The summed E-state index contributed by atoms with van der Waals surface area (Å²) < 4.78 is 21.7. The van der Waals surface area contributed by atoms with E-state index in [1.54, 1.807) is 42.5 Å². The van der Waals surface area contributed by atoms with Crippen molar-refractivity contribution in [1.82, 2.24) is 5.43 Å². The summed E-state index contributed by atoms with van der Waals surface area (Å²) in [5.41, 5.74) is 5.10. The Morgan fingerprint density at radius 1 is 0.946 bits per heavy atom. The summed E-state index contributed by atoms with van der Waals surface area (Å²) in [5.74, 6) is 0.724. The number of hydrogen-bond acceptors (Lipinski definition) is 7. The van der Waals surface area contributed by atoms with E-state index < -0.39 is 5.91 Å². The van der Waals surface area contributed by atoms with Gasteiger partial charge in [-0.25, -0.2) is 5.43 Å². The second kappa shape index (κ2) is 13.2. The summed E-state index contributed by atoms with van der Waals surface area (Å²) in [5, 5.41) is 6.96. The predicted octanol–water partition coefficient (Wildman–Crippen LogP) is 4.85. The second-order valence-electron chi connectivity index (χ2n) is 7.73. The smallest absolute Gasteiger partial charge is 0.271 e. The van der Waals surface area contributed by atoms with Gasteiger partial charge in [0.05, 0.1) is 32.1 Å². The number of carbonyl (C=O) groups is 2. The van der Waals surface area contributed by atoms with Crippen molar-refractivity contribution < 1.29 is 28.5 Å². The third-order valence-electron chi connectivity index (χ3n) is 5.04. The van der Waals surface area contributed by atoms with Crippen LogP contribution in [0, 0.1) is 6.92 Å². The molecule has 0 spiro atoms. The first-order valence-corrected chi connectivity index (χ1v) is 11.7. The van der Waals surface area contributed by atoms with Crippen LogP contribution in [0.5, 0.6) is 23.0 Å². The molecule has 3 aromatic rings. The quantitative estimate of drug-likeness (QED) is 0.274. The molecule has 2 N–H and O–H groups in total. The first-order chi connectivity index (χ1) is 17.8. The number of benzene rings is 3. The molecule has 0 unspecified atom stereocenters. The first kappa shape index (κ1) is 27.3. The minimum Gasteiger partial charge on any atom is -0.493 e. The molecule has 10 heteroatoms. The van der Waals surface area contributed by atoms with Gasteiger partial charge in [-0.15, -0.1) is 0 Å². The molecule has 0 heterocycles. The van der Waals surface area contributed by atoms with Gasteiger partial charge < -0.3 is 24.3 Å². The molecule has 0 aliphatic rings. The fourth-order valence-electron chi connectivity index (χ4n) is 3.24. The maximum atomic E-state index is 12.5. The highest BCUT2D eigenvalue weighted by Gasteiger charge is 2.14. The third kappa shape index (κ3) is 7.62. The Morgan fingerprint density at radius 3 is 2.35 bits per heavy atom. The lowest BCUT2D eigenvalue weighted by Gasteiger charge is -2.13. The van der Waals surface area contributed by atoms with Crippen LogP contribution in [0.3, 0.4) is 0 Å². The van der Waals surface area contributed by atoms with Crippen LogP contribution in [0.4, 0.5) is 5.69 Å². The Balaban J connectivity index is 1.63. The number of hydrazone groups is 1. The SMILES string of the molecule is CCOc1ccc(C(=O)N/N=C/c2cc(Cl)c(OCC(=O)Nc3ccc(C)cc3)c(OC)c2)cc1OC. The number of nitrogens with one attached hydrogen (secondary N) is 2. The topological polar surface area (TPSA) is 107 Å². The molecule has 194 valence electrons. The highest BCUT2D eigenvalue weighted by Crippen LogP contribution is 2.36. The average molecular weight is 526 g/mol. The van der Waals surface area contributed by atoms with Gasteiger partial charge in [0, 0.05) is 11.3 Å². The van der Waals surface area contributed by atoms with Crippen LogP contribution in [0.15, 0.2) is 59.7 Å². The van der Waals surface area contributed by atoms with Crippen molar-refractivity contribution in [3.05, 3.63) is 76.3 Å². The molecule has 0 bridgehead atoms. The number of amides is 2. The van der Waals surface area contributed by atoms with Gasteiger partial charge >= 0.3 is 0 Å². The molecule has 9 nitrogen and oxygen atoms in total. The van der Waals surface area contributed by atoms with Crippen LogP contribution in [0.25, 0.3) is 0 Å². The molecule has 0 saturated heterocycles. The normalized spacial score (nSPS) is 10.6.